The summed E-state index contributed by atoms with van der Waals surface area (Å²) < 4.78 is 0. The second-order valence-electron chi connectivity index (χ2n) is 11.8. The maximum absolute atomic E-state index is 13.8. The Bertz CT molecular complexity index is 1300. The Morgan fingerprint density at radius 2 is 1.30 bits per heavy atom. The number of piperazine rings is 1. The Morgan fingerprint density at radius 1 is 0.766 bits per heavy atom. The molecule has 256 valence electrons. The van der Waals surface area contributed by atoms with Gasteiger partial charge in [-0.15, -0.1) is 0 Å². The second-order valence-corrected chi connectivity index (χ2v) is 11.8. The number of hydrogen-bond acceptors (Lipinski definition) is 7. The molecule has 0 unspecified atom stereocenters. The molecule has 2 aromatic carbocycles. The first-order chi connectivity index (χ1) is 22.7. The van der Waals surface area contributed by atoms with Crippen molar-refractivity contribution in [1.82, 2.24) is 26.2 Å². The van der Waals surface area contributed by atoms with E-state index in [0.29, 0.717) is 64.8 Å². The van der Waals surface area contributed by atoms with Crippen LogP contribution in [0.1, 0.15) is 50.2 Å². The number of nitrogens with one attached hydrogen (secondary N) is 4. The Balaban J connectivity index is 1.76. The Morgan fingerprint density at radius 3 is 1.89 bits per heavy atom. The smallest absolute Gasteiger partial charge is 0.245 e. The zero-order valence-corrected chi connectivity index (χ0v) is 27.3. The number of rotatable bonds is 18. The molecule has 1 heterocycles. The lowest BCUT2D eigenvalue weighted by molar-refractivity contribution is -0.138. The third-order valence-electron chi connectivity index (χ3n) is 8.02. The summed E-state index contributed by atoms with van der Waals surface area (Å²) in [6.07, 6.45) is 3.12. The van der Waals surface area contributed by atoms with Gasteiger partial charge in [0.05, 0.1) is 6.04 Å². The highest BCUT2D eigenvalue weighted by atomic mass is 16.2. The number of benzene rings is 2. The molecule has 2 aromatic rings. The predicted octanol–water partition coefficient (Wildman–Crippen LogP) is -0.0709. The van der Waals surface area contributed by atoms with Gasteiger partial charge in [-0.05, 0) is 36.8 Å². The fourth-order valence-electron chi connectivity index (χ4n) is 5.39. The van der Waals surface area contributed by atoms with Gasteiger partial charge in [0.2, 0.25) is 23.6 Å². The van der Waals surface area contributed by atoms with Gasteiger partial charge in [-0.1, -0.05) is 80.4 Å². The number of guanidine groups is 1. The first-order valence-electron chi connectivity index (χ1n) is 16.5. The van der Waals surface area contributed by atoms with Crippen LogP contribution in [-0.4, -0.2) is 91.4 Å². The average Bonchev–Trinajstić information content (AvgIpc) is 3.08. The van der Waals surface area contributed by atoms with Crippen molar-refractivity contribution < 1.29 is 19.2 Å². The molecule has 0 aromatic heterocycles. The van der Waals surface area contributed by atoms with Crippen molar-refractivity contribution in [3.63, 3.8) is 0 Å². The molecular formula is C34H51N9O4. The summed E-state index contributed by atoms with van der Waals surface area (Å²) in [5.74, 6) is -1.68. The van der Waals surface area contributed by atoms with E-state index in [1.165, 1.54) is 0 Å². The molecule has 13 nitrogen and oxygen atoms in total. The predicted molar refractivity (Wildman–Crippen MR) is 183 cm³/mol. The lowest BCUT2D eigenvalue weighted by Gasteiger charge is -2.32. The van der Waals surface area contributed by atoms with Crippen LogP contribution in [0.3, 0.4) is 0 Å². The summed E-state index contributed by atoms with van der Waals surface area (Å²) in [5, 5.41) is 11.8. The van der Waals surface area contributed by atoms with Crippen LogP contribution < -0.4 is 38.5 Å². The quantitative estimate of drug-likeness (QED) is 0.0659. The molecule has 0 spiro atoms. The molecule has 1 aliphatic heterocycles. The van der Waals surface area contributed by atoms with E-state index >= 15 is 0 Å². The molecule has 0 bridgehead atoms. The van der Waals surface area contributed by atoms with Crippen molar-refractivity contribution in [2.24, 2.45) is 22.2 Å². The lowest BCUT2D eigenvalue weighted by Crippen LogP contribution is -2.59. The van der Waals surface area contributed by atoms with E-state index < -0.39 is 41.9 Å². The second kappa shape index (κ2) is 19.9. The zero-order chi connectivity index (χ0) is 34.0. The zero-order valence-electron chi connectivity index (χ0n) is 27.3. The number of hydrogen-bond donors (Lipinski definition) is 7. The van der Waals surface area contributed by atoms with E-state index in [2.05, 4.69) is 26.3 Å². The van der Waals surface area contributed by atoms with Crippen LogP contribution >= 0.6 is 0 Å². The molecular weight excluding hydrogens is 598 g/mol. The van der Waals surface area contributed by atoms with Crippen molar-refractivity contribution in [3.05, 3.63) is 71.8 Å². The molecule has 10 N–H and O–H groups in total. The third-order valence-corrected chi connectivity index (χ3v) is 8.02. The SMILES string of the molecule is CCCC[C@@H](NC(=O)[C@@H](Cc1ccccc1)NC(=O)[C@H](N)Cc1ccccc1)C(=O)N[C@H](CCCN=C(N)N)C(=O)N1CCNCC1. The van der Waals surface area contributed by atoms with Gasteiger partial charge < -0.3 is 43.4 Å². The number of aliphatic imine (C=N–C) groups is 1. The normalized spacial score (nSPS) is 15.4. The molecule has 0 aliphatic carbocycles. The van der Waals surface area contributed by atoms with Gasteiger partial charge in [0.25, 0.3) is 0 Å². The van der Waals surface area contributed by atoms with E-state index in [-0.39, 0.29) is 18.3 Å². The van der Waals surface area contributed by atoms with Gasteiger partial charge in [-0.3, -0.25) is 24.2 Å². The number of nitrogens with two attached hydrogens (primary N) is 3. The molecule has 3 rings (SSSR count). The highest BCUT2D eigenvalue weighted by Crippen LogP contribution is 2.10. The summed E-state index contributed by atoms with van der Waals surface area (Å²) in [6.45, 7) is 4.69. The number of unbranched alkanes of at least 4 members (excludes halogenated alkanes) is 1. The maximum atomic E-state index is 13.8. The molecule has 1 saturated heterocycles. The first-order valence-corrected chi connectivity index (χ1v) is 16.5. The first kappa shape index (κ1) is 37.0. The summed E-state index contributed by atoms with van der Waals surface area (Å²) in [7, 11) is 0. The minimum absolute atomic E-state index is 0.0421. The van der Waals surface area contributed by atoms with Gasteiger partial charge in [0.15, 0.2) is 5.96 Å². The van der Waals surface area contributed by atoms with E-state index in [1.54, 1.807) is 4.90 Å². The van der Waals surface area contributed by atoms with E-state index in [4.69, 9.17) is 17.2 Å². The summed E-state index contributed by atoms with van der Waals surface area (Å²) >= 11 is 0. The van der Waals surface area contributed by atoms with Crippen molar-refractivity contribution in [2.75, 3.05) is 32.7 Å². The molecule has 1 fully saturated rings. The van der Waals surface area contributed by atoms with Crippen LogP contribution in [0.15, 0.2) is 65.7 Å². The molecule has 4 atom stereocenters. The number of carbonyl (C=O) groups excluding carboxylic acids is 4. The number of nitrogens with zero attached hydrogens (tertiary/aromatic N) is 2. The van der Waals surface area contributed by atoms with Crippen molar-refractivity contribution in [3.8, 4) is 0 Å². The Labute approximate surface area is 277 Å². The van der Waals surface area contributed by atoms with Gasteiger partial charge in [-0.25, -0.2) is 0 Å². The van der Waals surface area contributed by atoms with Gasteiger partial charge in [0.1, 0.15) is 18.1 Å². The fraction of sp³-hybridized carbons (Fsp3) is 0.500. The largest absolute Gasteiger partial charge is 0.370 e. The van der Waals surface area contributed by atoms with Gasteiger partial charge >= 0.3 is 0 Å². The monoisotopic (exact) mass is 649 g/mol. The van der Waals surface area contributed by atoms with E-state index in [0.717, 1.165) is 17.5 Å². The van der Waals surface area contributed by atoms with Crippen LogP contribution in [0.25, 0.3) is 0 Å². The maximum Gasteiger partial charge on any atom is 0.245 e. The molecule has 1 aliphatic rings. The van der Waals surface area contributed by atoms with Crippen LogP contribution in [-0.2, 0) is 32.0 Å². The van der Waals surface area contributed by atoms with Crippen LogP contribution in [0.5, 0.6) is 0 Å². The summed E-state index contributed by atoms with van der Waals surface area (Å²) in [6, 6.07) is 15.1. The van der Waals surface area contributed by atoms with Crippen molar-refractivity contribution >= 4 is 29.6 Å². The number of carbonyl (C=O) groups is 4. The molecule has 47 heavy (non-hydrogen) atoms. The Hall–Kier alpha value is -4.49. The standard InChI is InChI=1S/C34H51N9O4/c1-2-3-15-27(31(45)41-28(16-10-17-39-34(36)37)33(47)43-20-18-38-19-21-43)40-32(46)29(23-25-13-8-5-9-14-25)42-30(44)26(35)22-24-11-6-4-7-12-24/h4-9,11-14,26-29,38H,2-3,10,15-23,35H2,1H3,(H,40,46)(H,41,45)(H,42,44)(H4,36,37,39)/t26-,27-,28-,29-/m1/s1. The topological polar surface area (TPSA) is 210 Å². The lowest BCUT2D eigenvalue weighted by atomic mass is 10.0. The summed E-state index contributed by atoms with van der Waals surface area (Å²) in [4.78, 5) is 60.0. The van der Waals surface area contributed by atoms with Crippen LogP contribution in [0, 0.1) is 0 Å². The van der Waals surface area contributed by atoms with Crippen LogP contribution in [0.4, 0.5) is 0 Å². The van der Waals surface area contributed by atoms with Crippen molar-refractivity contribution in [2.45, 2.75) is 76.0 Å². The molecule has 0 radical (unpaired) electrons. The average molecular weight is 650 g/mol. The summed E-state index contributed by atoms with van der Waals surface area (Å²) in [5.41, 5.74) is 18.9. The van der Waals surface area contributed by atoms with E-state index in [1.807, 2.05) is 67.6 Å². The van der Waals surface area contributed by atoms with Gasteiger partial charge in [-0.2, -0.15) is 0 Å². The minimum Gasteiger partial charge on any atom is -0.370 e. The van der Waals surface area contributed by atoms with Crippen molar-refractivity contribution in [1.29, 1.82) is 0 Å². The van der Waals surface area contributed by atoms with Crippen LogP contribution in [0.2, 0.25) is 0 Å². The number of amides is 4. The minimum atomic E-state index is -0.985. The molecule has 0 saturated carbocycles. The highest BCUT2D eigenvalue weighted by Gasteiger charge is 2.32. The third kappa shape index (κ3) is 13.0. The van der Waals surface area contributed by atoms with Gasteiger partial charge in [0, 0.05) is 39.1 Å². The fourth-order valence-corrected chi connectivity index (χ4v) is 5.39. The highest BCUT2D eigenvalue weighted by molar-refractivity contribution is 5.95. The Kier molecular flexibility index (Phi) is 15.7. The molecule has 13 heteroatoms. The molecule has 4 amide bonds. The van der Waals surface area contributed by atoms with E-state index in [9.17, 15) is 19.2 Å².